The highest BCUT2D eigenvalue weighted by Crippen LogP contribution is 2.29. The van der Waals surface area contributed by atoms with E-state index in [4.69, 9.17) is 23.2 Å². The van der Waals surface area contributed by atoms with E-state index in [1.165, 1.54) is 12.1 Å². The second kappa shape index (κ2) is 7.54. The van der Waals surface area contributed by atoms with Crippen molar-refractivity contribution in [2.24, 2.45) is 0 Å². The summed E-state index contributed by atoms with van der Waals surface area (Å²) in [5, 5.41) is 21.4. The zero-order valence-corrected chi connectivity index (χ0v) is 13.7. The summed E-state index contributed by atoms with van der Waals surface area (Å²) in [6.45, 7) is 2.00. The van der Waals surface area contributed by atoms with Crippen molar-refractivity contribution in [1.82, 2.24) is 9.97 Å². The van der Waals surface area contributed by atoms with Crippen LogP contribution in [0.1, 0.15) is 12.5 Å². The van der Waals surface area contributed by atoms with Gasteiger partial charge in [-0.25, -0.2) is 9.97 Å². The van der Waals surface area contributed by atoms with Crippen molar-refractivity contribution in [2.45, 2.75) is 19.6 Å². The Morgan fingerprint density at radius 3 is 2.57 bits per heavy atom. The van der Waals surface area contributed by atoms with Gasteiger partial charge in [0, 0.05) is 25.4 Å². The second-order valence-electron chi connectivity index (χ2n) is 4.95. The third kappa shape index (κ3) is 4.75. The van der Waals surface area contributed by atoms with Crippen LogP contribution in [0.25, 0.3) is 0 Å². The molecule has 7 nitrogen and oxygen atoms in total. The van der Waals surface area contributed by atoms with Crippen molar-refractivity contribution < 1.29 is 10.0 Å². The first kappa shape index (κ1) is 17.4. The maximum atomic E-state index is 11.2. The zero-order chi connectivity index (χ0) is 17.0. The highest BCUT2D eigenvalue weighted by molar-refractivity contribution is 6.29. The molecule has 9 heteroatoms. The summed E-state index contributed by atoms with van der Waals surface area (Å²) in [5.74, 6) is 0.0957. The quantitative estimate of drug-likeness (QED) is 0.485. The van der Waals surface area contributed by atoms with E-state index in [9.17, 15) is 15.2 Å². The van der Waals surface area contributed by atoms with Gasteiger partial charge in [0.15, 0.2) is 0 Å². The van der Waals surface area contributed by atoms with Gasteiger partial charge >= 0.3 is 5.69 Å². The molecule has 23 heavy (non-hydrogen) atoms. The molecule has 1 unspecified atom stereocenters. The third-order valence-corrected chi connectivity index (χ3v) is 3.40. The molecule has 1 atom stereocenters. The molecule has 0 saturated heterocycles. The smallest absolute Gasteiger partial charge is 0.311 e. The molecule has 0 fully saturated rings. The summed E-state index contributed by atoms with van der Waals surface area (Å²) < 4.78 is 0. The number of nitrogens with zero attached hydrogens (tertiary/aromatic N) is 4. The fourth-order valence-corrected chi connectivity index (χ4v) is 2.31. The summed E-state index contributed by atoms with van der Waals surface area (Å²) in [5.41, 5.74) is 0.586. The molecule has 2 rings (SSSR count). The highest BCUT2D eigenvalue weighted by Gasteiger charge is 2.23. The minimum Gasteiger partial charge on any atom is -0.392 e. The van der Waals surface area contributed by atoms with E-state index in [0.717, 1.165) is 5.56 Å². The van der Waals surface area contributed by atoms with Crippen molar-refractivity contribution in [3.05, 3.63) is 56.4 Å². The number of nitro groups is 1. The molecule has 0 aromatic carbocycles. The molecule has 0 aliphatic rings. The summed E-state index contributed by atoms with van der Waals surface area (Å²) in [6.07, 6.45) is 0.851. The van der Waals surface area contributed by atoms with Gasteiger partial charge in [0.1, 0.15) is 10.3 Å². The summed E-state index contributed by atoms with van der Waals surface area (Å²) in [4.78, 5) is 20.3. The van der Waals surface area contributed by atoms with E-state index >= 15 is 0 Å². The Morgan fingerprint density at radius 2 is 2.00 bits per heavy atom. The van der Waals surface area contributed by atoms with Crippen LogP contribution < -0.4 is 4.90 Å². The maximum Gasteiger partial charge on any atom is 0.311 e. The first-order valence-corrected chi connectivity index (χ1v) is 7.47. The molecule has 0 aliphatic carbocycles. The molecule has 0 bridgehead atoms. The molecule has 2 aromatic heterocycles. The molecule has 0 aliphatic heterocycles. The number of rotatable bonds is 6. The monoisotopic (exact) mass is 356 g/mol. The molecular weight excluding hydrogens is 343 g/mol. The first-order chi connectivity index (χ1) is 10.9. The van der Waals surface area contributed by atoms with Crippen LogP contribution in [0.3, 0.4) is 0 Å². The average molecular weight is 357 g/mol. The number of aliphatic hydroxyl groups excluding tert-OH is 1. The highest BCUT2D eigenvalue weighted by atomic mass is 35.5. The number of hydrogen-bond acceptors (Lipinski definition) is 6. The molecule has 1 N–H and O–H groups in total. The Kier molecular flexibility index (Phi) is 5.70. The molecular formula is C14H14Cl2N4O3. The van der Waals surface area contributed by atoms with E-state index in [2.05, 4.69) is 9.97 Å². The van der Waals surface area contributed by atoms with Gasteiger partial charge in [-0.05, 0) is 24.6 Å². The van der Waals surface area contributed by atoms with Gasteiger partial charge in [-0.2, -0.15) is 0 Å². The van der Waals surface area contributed by atoms with E-state index in [1.54, 1.807) is 30.2 Å². The number of anilines is 1. The van der Waals surface area contributed by atoms with Crippen LogP contribution in [0, 0.1) is 10.1 Å². The lowest BCUT2D eigenvalue weighted by Crippen LogP contribution is -2.31. The summed E-state index contributed by atoms with van der Waals surface area (Å²) in [7, 11) is 0. The molecule has 122 valence electrons. The van der Waals surface area contributed by atoms with Gasteiger partial charge in [0.25, 0.3) is 0 Å². The van der Waals surface area contributed by atoms with Crippen LogP contribution in [0.2, 0.25) is 10.3 Å². The normalized spacial score (nSPS) is 12.0. The van der Waals surface area contributed by atoms with Gasteiger partial charge in [-0.15, -0.1) is 0 Å². The second-order valence-corrected chi connectivity index (χ2v) is 5.73. The fraction of sp³-hybridized carbons (Fsp3) is 0.286. The Balaban J connectivity index is 2.40. The minimum atomic E-state index is -0.712. The molecule has 0 radical (unpaired) electrons. The topological polar surface area (TPSA) is 92.4 Å². The van der Waals surface area contributed by atoms with Gasteiger partial charge in [0.05, 0.1) is 11.0 Å². The summed E-state index contributed by atoms with van der Waals surface area (Å²) in [6, 6.07) is 6.02. The summed E-state index contributed by atoms with van der Waals surface area (Å²) >= 11 is 11.6. The lowest BCUT2D eigenvalue weighted by atomic mass is 10.2. The van der Waals surface area contributed by atoms with Crippen molar-refractivity contribution in [3.63, 3.8) is 0 Å². The third-order valence-electron chi connectivity index (χ3n) is 2.96. The van der Waals surface area contributed by atoms with E-state index in [0.29, 0.717) is 5.15 Å². The predicted molar refractivity (Wildman–Crippen MR) is 87.9 cm³/mol. The number of aromatic nitrogens is 2. The van der Waals surface area contributed by atoms with Gasteiger partial charge in [0.2, 0.25) is 5.82 Å². The Bertz CT molecular complexity index is 695. The standard InChI is InChI=1S/C14H14Cl2N4O3/c1-9(21)7-19(8-10-2-4-12(15)17-6-10)14-11(20(22)23)3-5-13(16)18-14/h2-6,9,21H,7-8H2,1H3. The van der Waals surface area contributed by atoms with Crippen LogP contribution in [0.4, 0.5) is 11.5 Å². The van der Waals surface area contributed by atoms with E-state index < -0.39 is 11.0 Å². The number of halogens is 2. The average Bonchev–Trinajstić information content (AvgIpc) is 2.48. The SMILES string of the molecule is CC(O)CN(Cc1ccc(Cl)nc1)c1nc(Cl)ccc1[N+](=O)[O-]. The van der Waals surface area contributed by atoms with E-state index in [-0.39, 0.29) is 29.7 Å². The van der Waals surface area contributed by atoms with Crippen molar-refractivity contribution in [3.8, 4) is 0 Å². The van der Waals surface area contributed by atoms with Crippen molar-refractivity contribution >= 4 is 34.7 Å². The molecule has 2 aromatic rings. The lowest BCUT2D eigenvalue weighted by Gasteiger charge is -2.24. The van der Waals surface area contributed by atoms with Crippen molar-refractivity contribution in [1.29, 1.82) is 0 Å². The predicted octanol–water partition coefficient (Wildman–Crippen LogP) is 3.08. The minimum absolute atomic E-state index is 0.0957. The molecule has 0 saturated carbocycles. The number of hydrogen-bond donors (Lipinski definition) is 1. The molecule has 0 spiro atoms. The Labute approximate surface area is 142 Å². The van der Waals surface area contributed by atoms with Crippen LogP contribution in [0.15, 0.2) is 30.5 Å². The fourth-order valence-electron chi connectivity index (χ4n) is 2.06. The number of pyridine rings is 2. The van der Waals surface area contributed by atoms with Gasteiger partial charge in [-0.1, -0.05) is 29.3 Å². The molecule has 2 heterocycles. The number of aliphatic hydroxyl groups is 1. The maximum absolute atomic E-state index is 11.2. The van der Waals surface area contributed by atoms with E-state index in [1.807, 2.05) is 0 Å². The van der Waals surface area contributed by atoms with Crippen molar-refractivity contribution in [2.75, 3.05) is 11.4 Å². The van der Waals surface area contributed by atoms with Crippen LogP contribution in [0.5, 0.6) is 0 Å². The lowest BCUT2D eigenvalue weighted by molar-refractivity contribution is -0.384. The molecule has 0 amide bonds. The van der Waals surface area contributed by atoms with Crippen LogP contribution in [-0.4, -0.2) is 32.6 Å². The van der Waals surface area contributed by atoms with Crippen LogP contribution >= 0.6 is 23.2 Å². The zero-order valence-electron chi connectivity index (χ0n) is 12.2. The first-order valence-electron chi connectivity index (χ1n) is 6.71. The Hall–Kier alpha value is -1.96. The van der Waals surface area contributed by atoms with Gasteiger partial charge < -0.3 is 10.0 Å². The Morgan fingerprint density at radius 1 is 1.30 bits per heavy atom. The van der Waals surface area contributed by atoms with Gasteiger partial charge in [-0.3, -0.25) is 10.1 Å². The van der Waals surface area contributed by atoms with Crippen LogP contribution in [-0.2, 0) is 6.54 Å². The largest absolute Gasteiger partial charge is 0.392 e.